The first-order valence-corrected chi connectivity index (χ1v) is 9.41. The van der Waals surface area contributed by atoms with Crippen LogP contribution in [0.25, 0.3) is 0 Å². The lowest BCUT2D eigenvalue weighted by molar-refractivity contribution is 0.0934. The number of rotatable bonds is 7. The maximum Gasteiger partial charge on any atom is 0.357 e. The zero-order chi connectivity index (χ0) is 17.7. The van der Waals surface area contributed by atoms with Gasteiger partial charge in [-0.2, -0.15) is 0 Å². The predicted molar refractivity (Wildman–Crippen MR) is 88.8 cm³/mol. The van der Waals surface area contributed by atoms with Gasteiger partial charge in [0.25, 0.3) is 5.91 Å². The van der Waals surface area contributed by atoms with Crippen molar-refractivity contribution in [2.75, 3.05) is 13.2 Å². The van der Waals surface area contributed by atoms with Crippen molar-refractivity contribution in [3.63, 3.8) is 0 Å². The summed E-state index contributed by atoms with van der Waals surface area (Å²) < 4.78 is 34.5. The summed E-state index contributed by atoms with van der Waals surface area (Å²) in [6, 6.07) is 5.23. The van der Waals surface area contributed by atoms with Crippen molar-refractivity contribution in [1.29, 1.82) is 0 Å². The van der Waals surface area contributed by atoms with Gasteiger partial charge in [-0.05, 0) is 26.0 Å². The number of carbonyl (C=O) groups is 1. The summed E-state index contributed by atoms with van der Waals surface area (Å²) >= 11 is 17.4. The monoisotopic (exact) mass is 405 g/mol. The second-order valence-electron chi connectivity index (χ2n) is 4.27. The largest absolute Gasteiger partial charge is 0.357 e. The Morgan fingerprint density at radius 1 is 1.26 bits per heavy atom. The molecule has 0 aliphatic heterocycles. The molecule has 0 saturated carbocycles. The van der Waals surface area contributed by atoms with Crippen LogP contribution in [-0.4, -0.2) is 28.7 Å². The Hall–Kier alpha value is -0.360. The van der Waals surface area contributed by atoms with E-state index in [0.29, 0.717) is 0 Å². The summed E-state index contributed by atoms with van der Waals surface area (Å²) in [7, 11) is -3.99. The number of nitrogens with one attached hydrogen (secondary N) is 1. The maximum absolute atomic E-state index is 13.7. The van der Waals surface area contributed by atoms with E-state index in [-0.39, 0.29) is 18.8 Å². The van der Waals surface area contributed by atoms with Gasteiger partial charge < -0.3 is 14.4 Å². The molecule has 0 fully saturated rings. The molecule has 1 aromatic rings. The minimum atomic E-state index is -3.99. The lowest BCUT2D eigenvalue weighted by Gasteiger charge is -2.31. The van der Waals surface area contributed by atoms with Crippen LogP contribution >= 0.6 is 42.4 Å². The summed E-state index contributed by atoms with van der Waals surface area (Å²) in [5.41, 5.74) is -0.286. The molecule has 1 rings (SSSR count). The molecule has 130 valence electrons. The van der Waals surface area contributed by atoms with Crippen molar-refractivity contribution < 1.29 is 22.8 Å². The molecule has 0 radical (unpaired) electrons. The Labute approximate surface area is 148 Å². The van der Waals surface area contributed by atoms with Crippen molar-refractivity contribution in [3.05, 3.63) is 35.6 Å². The maximum atomic E-state index is 13.7. The highest BCUT2D eigenvalue weighted by Crippen LogP contribution is 2.58. The van der Waals surface area contributed by atoms with Crippen molar-refractivity contribution >= 4 is 48.3 Å². The number of alkyl halides is 3. The van der Waals surface area contributed by atoms with Crippen LogP contribution in [0, 0.1) is 5.82 Å². The first kappa shape index (κ1) is 20.7. The van der Waals surface area contributed by atoms with Crippen LogP contribution in [0.3, 0.4) is 0 Å². The predicted octanol–water partition coefficient (Wildman–Crippen LogP) is 4.52. The van der Waals surface area contributed by atoms with Gasteiger partial charge in [-0.3, -0.25) is 9.36 Å². The molecule has 0 saturated heterocycles. The third-order valence-corrected chi connectivity index (χ3v) is 6.13. The third kappa shape index (κ3) is 5.59. The van der Waals surface area contributed by atoms with Crippen molar-refractivity contribution in [2.24, 2.45) is 0 Å². The first-order chi connectivity index (χ1) is 10.7. The fourth-order valence-electron chi connectivity index (χ4n) is 1.73. The number of hydrogen-bond donors (Lipinski definition) is 1. The lowest BCUT2D eigenvalue weighted by Crippen LogP contribution is -2.44. The topological polar surface area (TPSA) is 64.6 Å². The number of halogens is 4. The highest BCUT2D eigenvalue weighted by atomic mass is 35.6. The smallest absolute Gasteiger partial charge is 0.334 e. The SMILES string of the molecule is CCOP(=O)(OCC)[C@H](NC(=O)c1ccccc1F)C(Cl)(Cl)Cl. The number of carbonyl (C=O) groups excluding carboxylic acids is 1. The fraction of sp³-hybridized carbons (Fsp3) is 0.462. The third-order valence-electron chi connectivity index (χ3n) is 2.63. The second-order valence-corrected chi connectivity index (χ2v) is 8.75. The molecule has 0 heterocycles. The van der Waals surface area contributed by atoms with E-state index in [4.69, 9.17) is 43.9 Å². The molecule has 0 unspecified atom stereocenters. The van der Waals surface area contributed by atoms with Crippen LogP contribution in [0.15, 0.2) is 24.3 Å². The van der Waals surface area contributed by atoms with Crippen LogP contribution in [0.5, 0.6) is 0 Å². The van der Waals surface area contributed by atoms with Crippen LogP contribution in [0.2, 0.25) is 0 Å². The van der Waals surface area contributed by atoms with Gasteiger partial charge in [-0.15, -0.1) is 0 Å². The zero-order valence-electron chi connectivity index (χ0n) is 12.4. The molecular formula is C13H16Cl3FNO4P. The summed E-state index contributed by atoms with van der Waals surface area (Å²) in [6.07, 6.45) is 0. The molecule has 5 nitrogen and oxygen atoms in total. The number of hydrogen-bond acceptors (Lipinski definition) is 4. The number of benzene rings is 1. The average molecular weight is 407 g/mol. The minimum Gasteiger partial charge on any atom is -0.334 e. The van der Waals surface area contributed by atoms with Gasteiger partial charge in [0.1, 0.15) is 5.82 Å². The Morgan fingerprint density at radius 3 is 2.22 bits per heavy atom. The second kappa shape index (κ2) is 8.65. The molecule has 1 amide bonds. The highest BCUT2D eigenvalue weighted by molar-refractivity contribution is 7.55. The molecule has 0 bridgehead atoms. The highest BCUT2D eigenvalue weighted by Gasteiger charge is 2.49. The number of amides is 1. The van der Waals surface area contributed by atoms with Gasteiger partial charge in [0.2, 0.25) is 3.79 Å². The Bertz CT molecular complexity index is 587. The fourth-order valence-corrected chi connectivity index (χ4v) is 4.70. The summed E-state index contributed by atoms with van der Waals surface area (Å²) in [5, 5.41) is 2.24. The first-order valence-electron chi connectivity index (χ1n) is 6.66. The van der Waals surface area contributed by atoms with Crippen LogP contribution in [0.4, 0.5) is 4.39 Å². The summed E-state index contributed by atoms with van der Waals surface area (Å²) in [5.74, 6) is -3.28. The Morgan fingerprint density at radius 2 is 1.78 bits per heavy atom. The molecule has 1 atom stereocenters. The minimum absolute atomic E-state index is 0.00406. The molecular weight excluding hydrogens is 390 g/mol. The van der Waals surface area contributed by atoms with Crippen molar-refractivity contribution in [3.8, 4) is 0 Å². The molecule has 0 spiro atoms. The van der Waals surface area contributed by atoms with E-state index in [1.165, 1.54) is 18.2 Å². The molecule has 0 aliphatic carbocycles. The average Bonchev–Trinajstić information content (AvgIpc) is 2.44. The van der Waals surface area contributed by atoms with Gasteiger partial charge in [0.15, 0.2) is 5.78 Å². The summed E-state index contributed by atoms with van der Waals surface area (Å²) in [6.45, 7) is 3.15. The molecule has 10 heteroatoms. The lowest BCUT2D eigenvalue weighted by atomic mass is 10.2. The molecule has 1 aromatic carbocycles. The van der Waals surface area contributed by atoms with E-state index in [9.17, 15) is 13.8 Å². The van der Waals surface area contributed by atoms with E-state index < -0.39 is 28.9 Å². The van der Waals surface area contributed by atoms with Crippen LogP contribution < -0.4 is 5.32 Å². The van der Waals surface area contributed by atoms with E-state index in [2.05, 4.69) is 5.32 Å². The van der Waals surface area contributed by atoms with Gasteiger partial charge in [-0.1, -0.05) is 46.9 Å². The van der Waals surface area contributed by atoms with Gasteiger partial charge in [0.05, 0.1) is 18.8 Å². The Kier molecular flexibility index (Phi) is 7.78. The molecule has 23 heavy (non-hydrogen) atoms. The normalized spacial score (nSPS) is 13.7. The van der Waals surface area contributed by atoms with Gasteiger partial charge >= 0.3 is 7.60 Å². The van der Waals surface area contributed by atoms with E-state index in [1.807, 2.05) is 0 Å². The van der Waals surface area contributed by atoms with E-state index in [0.717, 1.165) is 6.07 Å². The van der Waals surface area contributed by atoms with Crippen LogP contribution in [0.1, 0.15) is 24.2 Å². The van der Waals surface area contributed by atoms with Crippen LogP contribution in [-0.2, 0) is 13.6 Å². The zero-order valence-corrected chi connectivity index (χ0v) is 15.6. The quantitative estimate of drug-likeness (QED) is 0.534. The van der Waals surface area contributed by atoms with Gasteiger partial charge in [-0.25, -0.2) is 4.39 Å². The molecule has 0 aromatic heterocycles. The Balaban J connectivity index is 3.16. The van der Waals surface area contributed by atoms with E-state index >= 15 is 0 Å². The van der Waals surface area contributed by atoms with Gasteiger partial charge in [0, 0.05) is 0 Å². The van der Waals surface area contributed by atoms with Crippen molar-refractivity contribution in [2.45, 2.75) is 23.4 Å². The summed E-state index contributed by atoms with van der Waals surface area (Å²) in [4.78, 5) is 12.2. The molecule has 0 aliphatic rings. The molecule has 1 N–H and O–H groups in total. The van der Waals surface area contributed by atoms with Crippen molar-refractivity contribution in [1.82, 2.24) is 5.32 Å². The standard InChI is InChI=1S/C13H16Cl3FNO4P/c1-3-21-23(20,22-4-2)12(13(14,15)16)18-11(19)9-7-5-6-8-10(9)17/h5-8,12H,3-4H2,1-2H3,(H,18,19)/t12-/m0/s1. The van der Waals surface area contributed by atoms with E-state index in [1.54, 1.807) is 13.8 Å².